The third kappa shape index (κ3) is 6.41. The van der Waals surface area contributed by atoms with Crippen LogP contribution in [0.15, 0.2) is 78.9 Å². The number of nitrogens with one attached hydrogen (secondary N) is 1. The molecule has 1 aliphatic rings. The zero-order chi connectivity index (χ0) is 21.5. The summed E-state index contributed by atoms with van der Waals surface area (Å²) in [5.41, 5.74) is 5.30. The fourth-order valence-corrected chi connectivity index (χ4v) is 4.46. The van der Waals surface area contributed by atoms with E-state index in [-0.39, 0.29) is 6.04 Å². The topological polar surface area (TPSA) is 18.5 Å². The van der Waals surface area contributed by atoms with E-state index in [1.807, 2.05) is 12.1 Å². The lowest BCUT2D eigenvalue weighted by atomic mass is 9.99. The molecule has 1 heterocycles. The van der Waals surface area contributed by atoms with Crippen molar-refractivity contribution in [2.75, 3.05) is 39.3 Å². The second-order valence-corrected chi connectivity index (χ2v) is 8.89. The smallest absolute Gasteiger partial charge is 0.0577 e. The second kappa shape index (κ2) is 10.9. The van der Waals surface area contributed by atoms with Crippen molar-refractivity contribution < 1.29 is 0 Å². The van der Waals surface area contributed by atoms with Gasteiger partial charge in [-0.1, -0.05) is 83.9 Å². The van der Waals surface area contributed by atoms with Gasteiger partial charge in [-0.25, -0.2) is 0 Å². The van der Waals surface area contributed by atoms with Crippen LogP contribution in [-0.2, 0) is 6.54 Å². The Morgan fingerprint density at radius 2 is 1.48 bits per heavy atom. The minimum Gasteiger partial charge on any atom is -0.305 e. The molecule has 3 aromatic rings. The molecule has 0 aromatic heterocycles. The van der Waals surface area contributed by atoms with Crippen LogP contribution in [-0.4, -0.2) is 49.1 Å². The number of rotatable bonds is 8. The van der Waals surface area contributed by atoms with Crippen molar-refractivity contribution in [3.05, 3.63) is 106 Å². The van der Waals surface area contributed by atoms with Gasteiger partial charge in [-0.05, 0) is 35.7 Å². The lowest BCUT2D eigenvalue weighted by Crippen LogP contribution is -2.47. The van der Waals surface area contributed by atoms with Crippen LogP contribution in [0.1, 0.15) is 28.3 Å². The largest absolute Gasteiger partial charge is 0.305 e. The van der Waals surface area contributed by atoms with Gasteiger partial charge in [0.2, 0.25) is 0 Å². The van der Waals surface area contributed by atoms with Crippen LogP contribution in [0.4, 0.5) is 0 Å². The normalized spacial score (nSPS) is 16.3. The van der Waals surface area contributed by atoms with Crippen LogP contribution in [0.25, 0.3) is 0 Å². The van der Waals surface area contributed by atoms with Crippen molar-refractivity contribution in [3.63, 3.8) is 0 Å². The maximum Gasteiger partial charge on any atom is 0.0577 e. The first kappa shape index (κ1) is 22.0. The van der Waals surface area contributed by atoms with Gasteiger partial charge in [0.1, 0.15) is 0 Å². The van der Waals surface area contributed by atoms with Gasteiger partial charge >= 0.3 is 0 Å². The lowest BCUT2D eigenvalue weighted by Gasteiger charge is -2.35. The molecule has 31 heavy (non-hydrogen) atoms. The van der Waals surface area contributed by atoms with E-state index in [1.54, 1.807) is 0 Å². The molecule has 0 aliphatic carbocycles. The Kier molecular flexibility index (Phi) is 7.76. The highest BCUT2D eigenvalue weighted by molar-refractivity contribution is 6.30. The first-order valence-electron chi connectivity index (χ1n) is 11.2. The monoisotopic (exact) mass is 433 g/mol. The van der Waals surface area contributed by atoms with Crippen LogP contribution in [0.3, 0.4) is 0 Å². The molecule has 1 saturated heterocycles. The summed E-state index contributed by atoms with van der Waals surface area (Å²) in [4.78, 5) is 5.14. The summed E-state index contributed by atoms with van der Waals surface area (Å²) >= 11 is 6.11. The Morgan fingerprint density at radius 3 is 2.19 bits per heavy atom. The highest BCUT2D eigenvalue weighted by atomic mass is 35.5. The van der Waals surface area contributed by atoms with Gasteiger partial charge in [-0.15, -0.1) is 0 Å². The summed E-state index contributed by atoms with van der Waals surface area (Å²) in [5, 5.41) is 4.55. The number of benzene rings is 3. The van der Waals surface area contributed by atoms with Crippen molar-refractivity contribution in [1.82, 2.24) is 15.1 Å². The number of hydrogen-bond donors (Lipinski definition) is 1. The molecule has 162 valence electrons. The molecule has 4 rings (SSSR count). The van der Waals surface area contributed by atoms with Crippen molar-refractivity contribution in [3.8, 4) is 0 Å². The molecule has 1 fully saturated rings. The molecule has 1 N–H and O–H groups in total. The zero-order valence-corrected chi connectivity index (χ0v) is 19.1. The van der Waals surface area contributed by atoms with E-state index < -0.39 is 0 Å². The van der Waals surface area contributed by atoms with Crippen LogP contribution in [0.5, 0.6) is 0 Å². The number of nitrogens with zero attached hydrogens (tertiary/aromatic N) is 2. The minimum absolute atomic E-state index is 0.182. The van der Waals surface area contributed by atoms with Crippen molar-refractivity contribution in [2.24, 2.45) is 0 Å². The standard InChI is InChI=1S/C27H32ClN3/c1-22-6-5-7-23(20-22)21-31-18-16-30(17-19-31)15-14-29-27(24-8-3-2-4-9-24)25-10-12-26(28)13-11-25/h2-13,20,27,29H,14-19,21H2,1H3. The predicted molar refractivity (Wildman–Crippen MR) is 131 cm³/mol. The highest BCUT2D eigenvalue weighted by Gasteiger charge is 2.18. The number of piperazine rings is 1. The molecular weight excluding hydrogens is 402 g/mol. The van der Waals surface area contributed by atoms with Gasteiger partial charge in [0, 0.05) is 50.8 Å². The van der Waals surface area contributed by atoms with Gasteiger partial charge < -0.3 is 5.32 Å². The Labute approximate surface area is 191 Å². The quantitative estimate of drug-likeness (QED) is 0.530. The molecule has 3 aromatic carbocycles. The molecule has 0 bridgehead atoms. The van der Waals surface area contributed by atoms with E-state index in [0.717, 1.165) is 50.8 Å². The van der Waals surface area contributed by atoms with Gasteiger partial charge in [-0.2, -0.15) is 0 Å². The first-order chi connectivity index (χ1) is 15.2. The average molecular weight is 434 g/mol. The maximum atomic E-state index is 6.11. The summed E-state index contributed by atoms with van der Waals surface area (Å²) in [5.74, 6) is 0. The van der Waals surface area contributed by atoms with E-state index in [4.69, 9.17) is 11.6 Å². The van der Waals surface area contributed by atoms with Gasteiger partial charge in [0.15, 0.2) is 0 Å². The maximum absolute atomic E-state index is 6.11. The molecule has 0 saturated carbocycles. The predicted octanol–water partition coefficient (Wildman–Crippen LogP) is 5.15. The van der Waals surface area contributed by atoms with E-state index in [0.29, 0.717) is 0 Å². The van der Waals surface area contributed by atoms with Crippen LogP contribution in [0, 0.1) is 6.92 Å². The van der Waals surface area contributed by atoms with Crippen molar-refractivity contribution in [2.45, 2.75) is 19.5 Å². The Bertz CT molecular complexity index is 934. The van der Waals surface area contributed by atoms with E-state index in [1.165, 1.54) is 22.3 Å². The summed E-state index contributed by atoms with van der Waals surface area (Å²) in [6.07, 6.45) is 0. The molecule has 0 amide bonds. The molecule has 4 heteroatoms. The Balaban J connectivity index is 1.28. The zero-order valence-electron chi connectivity index (χ0n) is 18.3. The highest BCUT2D eigenvalue weighted by Crippen LogP contribution is 2.23. The van der Waals surface area contributed by atoms with Crippen LogP contribution >= 0.6 is 11.6 Å². The lowest BCUT2D eigenvalue weighted by molar-refractivity contribution is 0.127. The summed E-state index contributed by atoms with van der Waals surface area (Å²) in [6.45, 7) is 9.77. The molecular formula is C27H32ClN3. The van der Waals surface area contributed by atoms with Crippen molar-refractivity contribution >= 4 is 11.6 Å². The molecule has 0 spiro atoms. The summed E-state index contributed by atoms with van der Waals surface area (Å²) in [6, 6.07) is 27.9. The fraction of sp³-hybridized carbons (Fsp3) is 0.333. The molecule has 3 nitrogen and oxygen atoms in total. The van der Waals surface area contributed by atoms with Crippen LogP contribution < -0.4 is 5.32 Å². The van der Waals surface area contributed by atoms with E-state index in [2.05, 4.69) is 88.8 Å². The number of halogens is 1. The molecule has 1 aliphatic heterocycles. The SMILES string of the molecule is Cc1cccc(CN2CCN(CCNC(c3ccccc3)c3ccc(Cl)cc3)CC2)c1. The third-order valence-electron chi connectivity index (χ3n) is 6.07. The number of aryl methyl sites for hydroxylation is 1. The number of hydrogen-bond acceptors (Lipinski definition) is 3. The molecule has 0 radical (unpaired) electrons. The minimum atomic E-state index is 0.182. The summed E-state index contributed by atoms with van der Waals surface area (Å²) in [7, 11) is 0. The van der Waals surface area contributed by atoms with Gasteiger partial charge in [0.25, 0.3) is 0 Å². The fourth-order valence-electron chi connectivity index (χ4n) is 4.34. The Hall–Kier alpha value is -2.17. The first-order valence-corrected chi connectivity index (χ1v) is 11.6. The van der Waals surface area contributed by atoms with Crippen LogP contribution in [0.2, 0.25) is 5.02 Å². The van der Waals surface area contributed by atoms with Gasteiger partial charge in [0.05, 0.1) is 6.04 Å². The second-order valence-electron chi connectivity index (χ2n) is 8.46. The van der Waals surface area contributed by atoms with Crippen molar-refractivity contribution in [1.29, 1.82) is 0 Å². The Morgan fingerprint density at radius 1 is 0.806 bits per heavy atom. The van der Waals surface area contributed by atoms with E-state index in [9.17, 15) is 0 Å². The van der Waals surface area contributed by atoms with Gasteiger partial charge in [-0.3, -0.25) is 9.80 Å². The average Bonchev–Trinajstić information content (AvgIpc) is 2.79. The van der Waals surface area contributed by atoms with E-state index >= 15 is 0 Å². The molecule has 1 unspecified atom stereocenters. The molecule has 1 atom stereocenters. The third-order valence-corrected chi connectivity index (χ3v) is 6.32. The summed E-state index contributed by atoms with van der Waals surface area (Å²) < 4.78 is 0.